The Balaban J connectivity index is 1.41. The lowest BCUT2D eigenvalue weighted by Crippen LogP contribution is -2.53. The van der Waals surface area contributed by atoms with Gasteiger partial charge in [0.2, 0.25) is 0 Å². The second-order valence-corrected chi connectivity index (χ2v) is 9.96. The van der Waals surface area contributed by atoms with E-state index in [0.29, 0.717) is 54.6 Å². The van der Waals surface area contributed by atoms with Gasteiger partial charge in [-0.1, -0.05) is 18.2 Å². The number of thiophene rings is 1. The van der Waals surface area contributed by atoms with Crippen molar-refractivity contribution in [2.24, 2.45) is 0 Å². The van der Waals surface area contributed by atoms with Gasteiger partial charge in [0.1, 0.15) is 5.82 Å². The smallest absolute Gasteiger partial charge is 0.282 e. The number of benzene rings is 1. The van der Waals surface area contributed by atoms with E-state index in [9.17, 15) is 17.6 Å². The van der Waals surface area contributed by atoms with Crippen LogP contribution >= 0.6 is 11.3 Å². The number of amides is 1. The minimum atomic E-state index is -3.42. The lowest BCUT2D eigenvalue weighted by molar-refractivity contribution is 0.0699. The summed E-state index contributed by atoms with van der Waals surface area (Å²) in [6, 6.07) is 9.95. The first-order chi connectivity index (χ1) is 13.5. The van der Waals surface area contributed by atoms with Gasteiger partial charge in [-0.05, 0) is 31.0 Å². The lowest BCUT2D eigenvalue weighted by atomic mass is 10.2. The molecule has 6 nitrogen and oxygen atoms in total. The molecule has 0 unspecified atom stereocenters. The number of hydrogen-bond acceptors (Lipinski definition) is 4. The predicted molar refractivity (Wildman–Crippen MR) is 107 cm³/mol. The van der Waals surface area contributed by atoms with E-state index in [-0.39, 0.29) is 11.7 Å². The largest absolute Gasteiger partial charge is 0.335 e. The zero-order chi connectivity index (χ0) is 19.7. The van der Waals surface area contributed by atoms with Gasteiger partial charge in [-0.25, -0.2) is 4.39 Å². The molecule has 2 saturated heterocycles. The molecule has 2 aromatic rings. The molecule has 0 spiro atoms. The van der Waals surface area contributed by atoms with Crippen LogP contribution in [0, 0.1) is 5.82 Å². The highest BCUT2D eigenvalue weighted by atomic mass is 32.2. The van der Waals surface area contributed by atoms with Gasteiger partial charge in [-0.3, -0.25) is 4.79 Å². The molecule has 0 saturated carbocycles. The fourth-order valence-corrected chi connectivity index (χ4v) is 6.29. The van der Waals surface area contributed by atoms with Crippen LogP contribution in [0.4, 0.5) is 4.39 Å². The van der Waals surface area contributed by atoms with Gasteiger partial charge in [0, 0.05) is 49.7 Å². The molecule has 1 aromatic heterocycles. The molecule has 0 N–H and O–H groups in total. The molecule has 0 atom stereocenters. The van der Waals surface area contributed by atoms with Crippen LogP contribution in [0.5, 0.6) is 0 Å². The first-order valence-corrected chi connectivity index (χ1v) is 11.6. The van der Waals surface area contributed by atoms with E-state index in [1.807, 2.05) is 0 Å². The molecule has 150 valence electrons. The van der Waals surface area contributed by atoms with Crippen molar-refractivity contribution in [1.29, 1.82) is 0 Å². The Morgan fingerprint density at radius 3 is 2.21 bits per heavy atom. The van der Waals surface area contributed by atoms with Gasteiger partial charge < -0.3 is 4.90 Å². The van der Waals surface area contributed by atoms with Crippen molar-refractivity contribution < 1.29 is 17.6 Å². The summed E-state index contributed by atoms with van der Waals surface area (Å²) in [7, 11) is -3.42. The van der Waals surface area contributed by atoms with Crippen LogP contribution in [0.25, 0.3) is 10.4 Å². The van der Waals surface area contributed by atoms with E-state index in [2.05, 4.69) is 0 Å². The lowest BCUT2D eigenvalue weighted by Gasteiger charge is -2.35. The molecule has 2 aliphatic heterocycles. The Labute approximate surface area is 168 Å². The molecular formula is C19H22FN3O3S2. The standard InChI is InChI=1S/C19H22FN3O3S2/c20-16-6-2-1-5-15(16)17-7-8-18(27-17)19(24)21-11-13-23(14-12-21)28(25,26)22-9-3-4-10-22/h1-2,5-8H,3-4,9-14H2. The van der Waals surface area contributed by atoms with Gasteiger partial charge in [0.05, 0.1) is 4.88 Å². The van der Waals surface area contributed by atoms with Crippen LogP contribution < -0.4 is 0 Å². The number of hydrogen-bond donors (Lipinski definition) is 0. The third-order valence-corrected chi connectivity index (χ3v) is 8.34. The van der Waals surface area contributed by atoms with Gasteiger partial charge in [0.25, 0.3) is 16.1 Å². The Bertz CT molecular complexity index is 962. The van der Waals surface area contributed by atoms with Crippen LogP contribution in [0.2, 0.25) is 0 Å². The fourth-order valence-electron chi connectivity index (χ4n) is 3.62. The molecule has 4 rings (SSSR count). The summed E-state index contributed by atoms with van der Waals surface area (Å²) in [5, 5.41) is 0. The molecule has 28 heavy (non-hydrogen) atoms. The van der Waals surface area contributed by atoms with Crippen molar-refractivity contribution in [2.75, 3.05) is 39.3 Å². The Kier molecular flexibility index (Phi) is 5.50. The second-order valence-electron chi connectivity index (χ2n) is 6.95. The van der Waals surface area contributed by atoms with Crippen molar-refractivity contribution in [3.05, 3.63) is 47.1 Å². The first kappa shape index (κ1) is 19.5. The minimum Gasteiger partial charge on any atom is -0.335 e. The molecule has 0 aliphatic carbocycles. The van der Waals surface area contributed by atoms with Crippen LogP contribution in [-0.2, 0) is 10.2 Å². The Morgan fingerprint density at radius 1 is 0.893 bits per heavy atom. The maximum atomic E-state index is 14.0. The van der Waals surface area contributed by atoms with E-state index < -0.39 is 10.2 Å². The Hall–Kier alpha value is -1.81. The fraction of sp³-hybridized carbons (Fsp3) is 0.421. The van der Waals surface area contributed by atoms with E-state index in [1.165, 1.54) is 26.0 Å². The van der Waals surface area contributed by atoms with E-state index >= 15 is 0 Å². The third kappa shape index (κ3) is 3.71. The average molecular weight is 424 g/mol. The van der Waals surface area contributed by atoms with Crippen molar-refractivity contribution in [3.8, 4) is 10.4 Å². The summed E-state index contributed by atoms with van der Waals surface area (Å²) in [6.45, 7) is 2.48. The second kappa shape index (κ2) is 7.90. The van der Waals surface area contributed by atoms with E-state index in [1.54, 1.807) is 35.2 Å². The zero-order valence-electron chi connectivity index (χ0n) is 15.4. The number of nitrogens with zero attached hydrogens (tertiary/aromatic N) is 3. The molecule has 9 heteroatoms. The molecule has 2 aliphatic rings. The zero-order valence-corrected chi connectivity index (χ0v) is 17.0. The highest BCUT2D eigenvalue weighted by Crippen LogP contribution is 2.31. The highest BCUT2D eigenvalue weighted by Gasteiger charge is 2.35. The number of carbonyl (C=O) groups excluding carboxylic acids is 1. The van der Waals surface area contributed by atoms with Crippen molar-refractivity contribution >= 4 is 27.5 Å². The Morgan fingerprint density at radius 2 is 1.54 bits per heavy atom. The molecule has 2 fully saturated rings. The normalized spacial score (nSPS) is 19.2. The monoisotopic (exact) mass is 423 g/mol. The molecule has 0 bridgehead atoms. The van der Waals surface area contributed by atoms with E-state index in [0.717, 1.165) is 12.8 Å². The molecule has 1 aromatic carbocycles. The first-order valence-electron chi connectivity index (χ1n) is 9.36. The summed E-state index contributed by atoms with van der Waals surface area (Å²) in [5.41, 5.74) is 0.480. The molecule has 3 heterocycles. The van der Waals surface area contributed by atoms with Crippen LogP contribution in [0.1, 0.15) is 22.5 Å². The topological polar surface area (TPSA) is 60.9 Å². The minimum absolute atomic E-state index is 0.134. The molecule has 0 radical (unpaired) electrons. The summed E-state index contributed by atoms with van der Waals surface area (Å²) in [4.78, 5) is 15.7. The molecular weight excluding hydrogens is 401 g/mol. The number of piperazine rings is 1. The summed E-state index contributed by atoms with van der Waals surface area (Å²) in [5.74, 6) is -0.449. The maximum absolute atomic E-state index is 14.0. The number of halogens is 1. The third-order valence-electron chi connectivity index (χ3n) is 5.20. The van der Waals surface area contributed by atoms with Crippen LogP contribution in [0.3, 0.4) is 0 Å². The summed E-state index contributed by atoms with van der Waals surface area (Å²) >= 11 is 1.26. The van der Waals surface area contributed by atoms with Crippen molar-refractivity contribution in [2.45, 2.75) is 12.8 Å². The molecule has 1 amide bonds. The predicted octanol–water partition coefficient (Wildman–Crippen LogP) is 2.65. The van der Waals surface area contributed by atoms with Crippen molar-refractivity contribution in [1.82, 2.24) is 13.5 Å². The van der Waals surface area contributed by atoms with E-state index in [4.69, 9.17) is 0 Å². The van der Waals surface area contributed by atoms with Crippen LogP contribution in [-0.4, -0.2) is 67.1 Å². The summed E-state index contributed by atoms with van der Waals surface area (Å²) < 4.78 is 42.3. The average Bonchev–Trinajstić information content (AvgIpc) is 3.40. The van der Waals surface area contributed by atoms with Gasteiger partial charge in [0.15, 0.2) is 0 Å². The number of rotatable bonds is 4. The number of carbonyl (C=O) groups is 1. The van der Waals surface area contributed by atoms with Gasteiger partial charge >= 0.3 is 0 Å². The quantitative estimate of drug-likeness (QED) is 0.760. The van der Waals surface area contributed by atoms with Gasteiger partial charge in [-0.15, -0.1) is 11.3 Å². The van der Waals surface area contributed by atoms with Crippen molar-refractivity contribution in [3.63, 3.8) is 0 Å². The van der Waals surface area contributed by atoms with Crippen LogP contribution in [0.15, 0.2) is 36.4 Å². The highest BCUT2D eigenvalue weighted by molar-refractivity contribution is 7.86. The van der Waals surface area contributed by atoms with Gasteiger partial charge in [-0.2, -0.15) is 17.0 Å². The maximum Gasteiger partial charge on any atom is 0.282 e. The SMILES string of the molecule is O=C(c1ccc(-c2ccccc2F)s1)N1CCN(S(=O)(=O)N2CCCC2)CC1. The summed E-state index contributed by atoms with van der Waals surface area (Å²) in [6.07, 6.45) is 1.81.